The lowest BCUT2D eigenvalue weighted by Gasteiger charge is -2.22. The maximum atomic E-state index is 11.7. The van der Waals surface area contributed by atoms with Crippen molar-refractivity contribution in [2.75, 3.05) is 13.1 Å². The molecule has 0 bridgehead atoms. The van der Waals surface area contributed by atoms with Crippen LogP contribution in [0.4, 0.5) is 0 Å². The Hall–Kier alpha value is -0.970. The molecular formula is C12H14Cl2N2O2. The molecule has 1 heterocycles. The molecule has 1 amide bonds. The van der Waals surface area contributed by atoms with Crippen LogP contribution in [0.1, 0.15) is 17.9 Å². The first-order chi connectivity index (χ1) is 8.52. The molecule has 4 nitrogen and oxygen atoms in total. The summed E-state index contributed by atoms with van der Waals surface area (Å²) in [5, 5.41) is 13.6. The average Bonchev–Trinajstić information content (AvgIpc) is 2.82. The molecule has 1 saturated heterocycles. The molecule has 6 heteroatoms. The molecule has 2 unspecified atom stereocenters. The van der Waals surface area contributed by atoms with Gasteiger partial charge in [-0.15, -0.1) is 0 Å². The van der Waals surface area contributed by atoms with Crippen LogP contribution in [0.3, 0.4) is 0 Å². The van der Waals surface area contributed by atoms with Crippen LogP contribution in [0.5, 0.6) is 5.75 Å². The number of primary amides is 1. The first-order valence-electron chi connectivity index (χ1n) is 5.69. The zero-order valence-corrected chi connectivity index (χ0v) is 11.1. The van der Waals surface area contributed by atoms with E-state index in [9.17, 15) is 9.90 Å². The molecule has 1 fully saturated rings. The number of carbonyl (C=O) groups is 1. The molecule has 2 rings (SSSR count). The quantitative estimate of drug-likeness (QED) is 0.795. The molecule has 4 N–H and O–H groups in total. The third-order valence-electron chi connectivity index (χ3n) is 3.30. The fraction of sp³-hybridized carbons (Fsp3) is 0.417. The molecule has 98 valence electrons. The van der Waals surface area contributed by atoms with E-state index in [1.165, 1.54) is 12.1 Å². The van der Waals surface area contributed by atoms with Crippen molar-refractivity contribution in [3.63, 3.8) is 0 Å². The topological polar surface area (TPSA) is 75.4 Å². The third kappa shape index (κ3) is 2.41. The molecule has 18 heavy (non-hydrogen) atoms. The van der Waals surface area contributed by atoms with Gasteiger partial charge in [0.1, 0.15) is 5.75 Å². The van der Waals surface area contributed by atoms with E-state index in [1.54, 1.807) is 0 Å². The van der Waals surface area contributed by atoms with Crippen molar-refractivity contribution in [3.05, 3.63) is 27.7 Å². The SMILES string of the molecule is NC(=O)C(c1c(O)ccc(Cl)c1Cl)C1CCNC1. The van der Waals surface area contributed by atoms with Gasteiger partial charge in [0.25, 0.3) is 0 Å². The highest BCUT2D eigenvalue weighted by molar-refractivity contribution is 6.42. The third-order valence-corrected chi connectivity index (χ3v) is 4.12. The minimum absolute atomic E-state index is 0.0318. The lowest BCUT2D eigenvalue weighted by atomic mass is 9.84. The Balaban J connectivity index is 2.48. The molecule has 1 aliphatic heterocycles. The fourth-order valence-electron chi connectivity index (χ4n) is 2.42. The second kappa shape index (κ2) is 5.34. The van der Waals surface area contributed by atoms with Gasteiger partial charge in [-0.1, -0.05) is 23.2 Å². The Labute approximate surface area is 115 Å². The van der Waals surface area contributed by atoms with Crippen LogP contribution in [-0.4, -0.2) is 24.1 Å². The largest absolute Gasteiger partial charge is 0.508 e. The van der Waals surface area contributed by atoms with E-state index in [4.69, 9.17) is 28.9 Å². The van der Waals surface area contributed by atoms with Crippen molar-refractivity contribution in [3.8, 4) is 5.75 Å². The van der Waals surface area contributed by atoms with Crippen molar-refractivity contribution in [1.29, 1.82) is 0 Å². The lowest BCUT2D eigenvalue weighted by Crippen LogP contribution is -2.29. The maximum Gasteiger partial charge on any atom is 0.225 e. The number of phenols is 1. The molecule has 0 saturated carbocycles. The molecular weight excluding hydrogens is 275 g/mol. The Morgan fingerprint density at radius 2 is 2.22 bits per heavy atom. The highest BCUT2D eigenvalue weighted by Gasteiger charge is 2.34. The number of amides is 1. The average molecular weight is 289 g/mol. The van der Waals surface area contributed by atoms with Gasteiger partial charge in [0.2, 0.25) is 5.91 Å². The van der Waals surface area contributed by atoms with Crippen LogP contribution in [0.2, 0.25) is 10.0 Å². The Morgan fingerprint density at radius 1 is 1.50 bits per heavy atom. The molecule has 1 aromatic rings. The van der Waals surface area contributed by atoms with E-state index in [-0.39, 0.29) is 16.7 Å². The normalized spacial score (nSPS) is 20.9. The summed E-state index contributed by atoms with van der Waals surface area (Å²) in [5.74, 6) is -1.13. The predicted molar refractivity (Wildman–Crippen MR) is 71.0 cm³/mol. The zero-order chi connectivity index (χ0) is 13.3. The monoisotopic (exact) mass is 288 g/mol. The van der Waals surface area contributed by atoms with Crippen molar-refractivity contribution in [2.45, 2.75) is 12.3 Å². The summed E-state index contributed by atoms with van der Waals surface area (Å²) < 4.78 is 0. The highest BCUT2D eigenvalue weighted by Crippen LogP contribution is 2.41. The summed E-state index contributed by atoms with van der Waals surface area (Å²) in [7, 11) is 0. The number of benzene rings is 1. The lowest BCUT2D eigenvalue weighted by molar-refractivity contribution is -0.120. The second-order valence-electron chi connectivity index (χ2n) is 4.43. The molecule has 0 radical (unpaired) electrons. The van der Waals surface area contributed by atoms with Gasteiger partial charge in [0.05, 0.1) is 16.0 Å². The van der Waals surface area contributed by atoms with E-state index in [1.807, 2.05) is 0 Å². The summed E-state index contributed by atoms with van der Waals surface area (Å²) in [6.45, 7) is 1.50. The second-order valence-corrected chi connectivity index (χ2v) is 5.21. The van der Waals surface area contributed by atoms with E-state index < -0.39 is 11.8 Å². The first kappa shape index (κ1) is 13.5. The number of phenolic OH excluding ortho intramolecular Hbond substituents is 1. The Bertz CT molecular complexity index is 473. The van der Waals surface area contributed by atoms with Gasteiger partial charge in [-0.2, -0.15) is 0 Å². The minimum atomic E-state index is -0.619. The standard InChI is InChI=1S/C12H14Cl2N2O2/c13-7-1-2-8(17)10(11(7)14)9(12(15)18)6-3-4-16-5-6/h1-2,6,9,16-17H,3-5H2,(H2,15,18). The van der Waals surface area contributed by atoms with E-state index in [0.717, 1.165) is 13.0 Å². The molecule has 1 aliphatic rings. The van der Waals surface area contributed by atoms with Gasteiger partial charge >= 0.3 is 0 Å². The summed E-state index contributed by atoms with van der Waals surface area (Å²) >= 11 is 12.0. The van der Waals surface area contributed by atoms with E-state index in [2.05, 4.69) is 5.32 Å². The van der Waals surface area contributed by atoms with Crippen molar-refractivity contribution in [1.82, 2.24) is 5.32 Å². The number of nitrogens with two attached hydrogens (primary N) is 1. The van der Waals surface area contributed by atoms with Gasteiger partial charge in [0.15, 0.2) is 0 Å². The Morgan fingerprint density at radius 3 is 2.78 bits per heavy atom. The highest BCUT2D eigenvalue weighted by atomic mass is 35.5. The summed E-state index contributed by atoms with van der Waals surface area (Å²) in [5.41, 5.74) is 5.80. The van der Waals surface area contributed by atoms with Gasteiger partial charge in [-0.25, -0.2) is 0 Å². The van der Waals surface area contributed by atoms with Crippen LogP contribution in [0.15, 0.2) is 12.1 Å². The summed E-state index contributed by atoms with van der Waals surface area (Å²) in [4.78, 5) is 11.7. The van der Waals surface area contributed by atoms with Gasteiger partial charge in [-0.05, 0) is 37.6 Å². The number of nitrogens with one attached hydrogen (secondary N) is 1. The molecule has 0 aromatic heterocycles. The van der Waals surface area contributed by atoms with Crippen LogP contribution in [0.25, 0.3) is 0 Å². The number of rotatable bonds is 3. The molecule has 0 aliphatic carbocycles. The van der Waals surface area contributed by atoms with E-state index >= 15 is 0 Å². The van der Waals surface area contributed by atoms with Crippen LogP contribution in [-0.2, 0) is 4.79 Å². The van der Waals surface area contributed by atoms with Crippen LogP contribution < -0.4 is 11.1 Å². The number of hydrogen-bond acceptors (Lipinski definition) is 3. The number of carbonyl (C=O) groups excluding carboxylic acids is 1. The van der Waals surface area contributed by atoms with Crippen LogP contribution >= 0.6 is 23.2 Å². The van der Waals surface area contributed by atoms with E-state index in [0.29, 0.717) is 17.1 Å². The molecule has 2 atom stereocenters. The molecule has 0 spiro atoms. The van der Waals surface area contributed by atoms with Gasteiger partial charge in [-0.3, -0.25) is 4.79 Å². The maximum absolute atomic E-state index is 11.7. The predicted octanol–water partition coefficient (Wildman–Crippen LogP) is 1.88. The van der Waals surface area contributed by atoms with Crippen molar-refractivity contribution >= 4 is 29.1 Å². The fourth-order valence-corrected chi connectivity index (χ4v) is 2.87. The zero-order valence-electron chi connectivity index (χ0n) is 9.62. The van der Waals surface area contributed by atoms with Crippen LogP contribution in [0, 0.1) is 5.92 Å². The van der Waals surface area contributed by atoms with Crippen molar-refractivity contribution < 1.29 is 9.90 Å². The number of hydrogen-bond donors (Lipinski definition) is 3. The molecule has 1 aromatic carbocycles. The van der Waals surface area contributed by atoms with Crippen molar-refractivity contribution in [2.24, 2.45) is 11.7 Å². The Kier molecular flexibility index (Phi) is 4.00. The van der Waals surface area contributed by atoms with Gasteiger partial charge in [0, 0.05) is 5.56 Å². The smallest absolute Gasteiger partial charge is 0.225 e. The minimum Gasteiger partial charge on any atom is -0.508 e. The number of aromatic hydroxyl groups is 1. The first-order valence-corrected chi connectivity index (χ1v) is 6.45. The summed E-state index contributed by atoms with van der Waals surface area (Å²) in [6, 6.07) is 2.93. The summed E-state index contributed by atoms with van der Waals surface area (Å²) in [6.07, 6.45) is 0.815. The number of halogens is 2. The van der Waals surface area contributed by atoms with Gasteiger partial charge < -0.3 is 16.2 Å².